The van der Waals surface area contributed by atoms with E-state index < -0.39 is 9.84 Å². The molecular weight excluding hydrogens is 374 g/mol. The molecule has 2 aromatic rings. The highest BCUT2D eigenvalue weighted by Crippen LogP contribution is 2.30. The fourth-order valence-corrected chi connectivity index (χ4v) is 4.49. The van der Waals surface area contributed by atoms with Gasteiger partial charge in [0.15, 0.2) is 9.84 Å². The summed E-state index contributed by atoms with van der Waals surface area (Å²) in [6.45, 7) is 9.76. The molecule has 28 heavy (non-hydrogen) atoms. The van der Waals surface area contributed by atoms with Gasteiger partial charge < -0.3 is 4.90 Å². The third-order valence-corrected chi connectivity index (χ3v) is 6.41. The number of anilines is 1. The Kier molecular flexibility index (Phi) is 5.66. The molecule has 0 fully saturated rings. The number of carbonyl (C=O) groups is 1. The quantitative estimate of drug-likeness (QED) is 0.769. The number of rotatable bonds is 5. The zero-order valence-electron chi connectivity index (χ0n) is 17.3. The minimum Gasteiger partial charge on any atom is -0.312 e. The average Bonchev–Trinajstić information content (AvgIpc) is 2.86. The summed E-state index contributed by atoms with van der Waals surface area (Å²) in [7, 11) is -3.26. The van der Waals surface area contributed by atoms with E-state index >= 15 is 0 Å². The number of carbonyl (C=O) groups excluding carboxylic acids is 1. The Morgan fingerprint density at radius 3 is 2.61 bits per heavy atom. The third kappa shape index (κ3) is 4.14. The van der Waals surface area contributed by atoms with Gasteiger partial charge in [0.25, 0.3) is 0 Å². The van der Waals surface area contributed by atoms with Crippen LogP contribution >= 0.6 is 0 Å². The Hall–Kier alpha value is -2.15. The van der Waals surface area contributed by atoms with Gasteiger partial charge in [-0.2, -0.15) is 5.10 Å². The standard InChI is InChI=1S/C21H29N3O3S/c1-14(2)13-24-16(4)19(15(3)22-24)12-21(25)23-10-6-7-17-11-18(28(5,26)27)8-9-20(17)23/h8-9,11,14H,6-7,10,12-13H2,1-5H3. The first-order chi connectivity index (χ1) is 13.1. The average molecular weight is 404 g/mol. The number of hydrogen-bond donors (Lipinski definition) is 0. The Balaban J connectivity index is 1.87. The van der Waals surface area contributed by atoms with Crippen molar-refractivity contribution in [3.63, 3.8) is 0 Å². The van der Waals surface area contributed by atoms with E-state index in [1.54, 1.807) is 23.1 Å². The number of aryl methyl sites for hydroxylation is 2. The molecule has 2 heterocycles. The van der Waals surface area contributed by atoms with Crippen molar-refractivity contribution in [1.29, 1.82) is 0 Å². The predicted molar refractivity (Wildman–Crippen MR) is 110 cm³/mol. The minimum absolute atomic E-state index is 0.0309. The van der Waals surface area contributed by atoms with Crippen molar-refractivity contribution in [2.45, 2.75) is 58.4 Å². The largest absolute Gasteiger partial charge is 0.312 e. The molecule has 0 bridgehead atoms. The van der Waals surface area contributed by atoms with Crippen LogP contribution in [-0.2, 0) is 34.0 Å². The molecule has 152 valence electrons. The zero-order chi connectivity index (χ0) is 20.6. The van der Waals surface area contributed by atoms with Gasteiger partial charge >= 0.3 is 0 Å². The van der Waals surface area contributed by atoms with Crippen LogP contribution in [0.25, 0.3) is 0 Å². The zero-order valence-corrected chi connectivity index (χ0v) is 18.1. The van der Waals surface area contributed by atoms with Crippen molar-refractivity contribution in [2.24, 2.45) is 5.92 Å². The van der Waals surface area contributed by atoms with Crippen LogP contribution in [0, 0.1) is 19.8 Å². The van der Waals surface area contributed by atoms with Gasteiger partial charge in [0, 0.05) is 36.3 Å². The molecule has 0 N–H and O–H groups in total. The highest BCUT2D eigenvalue weighted by molar-refractivity contribution is 7.90. The van der Waals surface area contributed by atoms with E-state index in [0.717, 1.165) is 47.6 Å². The van der Waals surface area contributed by atoms with E-state index in [9.17, 15) is 13.2 Å². The summed E-state index contributed by atoms with van der Waals surface area (Å²) in [5.41, 5.74) is 4.69. The van der Waals surface area contributed by atoms with Crippen LogP contribution in [-0.4, -0.2) is 36.9 Å². The summed E-state index contributed by atoms with van der Waals surface area (Å²) >= 11 is 0. The van der Waals surface area contributed by atoms with Crippen LogP contribution in [0.15, 0.2) is 23.1 Å². The predicted octanol–water partition coefficient (Wildman–Crippen LogP) is 3.08. The molecule has 1 aromatic heterocycles. The first-order valence-corrected chi connectivity index (χ1v) is 11.6. The second-order valence-corrected chi connectivity index (χ2v) is 10.1. The van der Waals surface area contributed by atoms with Crippen molar-refractivity contribution in [3.8, 4) is 0 Å². The molecule has 0 saturated heterocycles. The lowest BCUT2D eigenvalue weighted by Gasteiger charge is -2.30. The number of hydrogen-bond acceptors (Lipinski definition) is 4. The summed E-state index contributed by atoms with van der Waals surface area (Å²) in [6, 6.07) is 5.07. The number of nitrogens with zero attached hydrogens (tertiary/aromatic N) is 3. The Labute approximate surface area is 167 Å². The van der Waals surface area contributed by atoms with E-state index in [-0.39, 0.29) is 5.91 Å². The topological polar surface area (TPSA) is 72.3 Å². The van der Waals surface area contributed by atoms with Crippen molar-refractivity contribution in [3.05, 3.63) is 40.7 Å². The fourth-order valence-electron chi connectivity index (χ4n) is 3.82. The molecule has 0 aliphatic carbocycles. The summed E-state index contributed by atoms with van der Waals surface area (Å²) < 4.78 is 25.7. The molecular formula is C21H29N3O3S. The van der Waals surface area contributed by atoms with E-state index in [2.05, 4.69) is 18.9 Å². The van der Waals surface area contributed by atoms with Gasteiger partial charge in [0.1, 0.15) is 0 Å². The second-order valence-electron chi connectivity index (χ2n) is 8.11. The van der Waals surface area contributed by atoms with Gasteiger partial charge in [-0.3, -0.25) is 9.48 Å². The molecule has 0 saturated carbocycles. The van der Waals surface area contributed by atoms with Gasteiger partial charge in [-0.25, -0.2) is 8.42 Å². The van der Waals surface area contributed by atoms with Crippen LogP contribution in [0.1, 0.15) is 42.8 Å². The van der Waals surface area contributed by atoms with Crippen molar-refractivity contribution < 1.29 is 13.2 Å². The van der Waals surface area contributed by atoms with Gasteiger partial charge in [-0.1, -0.05) is 13.8 Å². The minimum atomic E-state index is -3.26. The number of fused-ring (bicyclic) bond motifs is 1. The van der Waals surface area contributed by atoms with E-state index in [4.69, 9.17) is 0 Å². The maximum atomic E-state index is 13.1. The molecule has 1 aromatic carbocycles. The van der Waals surface area contributed by atoms with Crippen molar-refractivity contribution in [1.82, 2.24) is 9.78 Å². The molecule has 0 unspecified atom stereocenters. The van der Waals surface area contributed by atoms with Gasteiger partial charge in [-0.05, 0) is 56.4 Å². The lowest BCUT2D eigenvalue weighted by atomic mass is 10.0. The van der Waals surface area contributed by atoms with Crippen molar-refractivity contribution in [2.75, 3.05) is 17.7 Å². The number of amides is 1. The van der Waals surface area contributed by atoms with Crippen LogP contribution in [0.2, 0.25) is 0 Å². The first-order valence-electron chi connectivity index (χ1n) is 9.74. The third-order valence-electron chi connectivity index (χ3n) is 5.30. The SMILES string of the molecule is Cc1nn(CC(C)C)c(C)c1CC(=O)N1CCCc2cc(S(C)(=O)=O)ccc21. The molecule has 3 rings (SSSR count). The summed E-state index contributed by atoms with van der Waals surface area (Å²) in [5.74, 6) is 0.517. The highest BCUT2D eigenvalue weighted by Gasteiger charge is 2.26. The van der Waals surface area contributed by atoms with Gasteiger partial charge in [0.05, 0.1) is 17.0 Å². The molecule has 0 spiro atoms. The Bertz CT molecular complexity index is 1010. The summed E-state index contributed by atoms with van der Waals surface area (Å²) in [4.78, 5) is 15.2. The smallest absolute Gasteiger partial charge is 0.231 e. The molecule has 1 aliphatic rings. The lowest BCUT2D eigenvalue weighted by Crippen LogP contribution is -2.36. The van der Waals surface area contributed by atoms with Gasteiger partial charge in [-0.15, -0.1) is 0 Å². The monoisotopic (exact) mass is 403 g/mol. The lowest BCUT2D eigenvalue weighted by molar-refractivity contribution is -0.118. The van der Waals surface area contributed by atoms with Crippen LogP contribution in [0.5, 0.6) is 0 Å². The fraction of sp³-hybridized carbons (Fsp3) is 0.524. The van der Waals surface area contributed by atoms with E-state index in [1.807, 2.05) is 18.5 Å². The summed E-state index contributed by atoms with van der Waals surface area (Å²) in [5, 5.41) is 4.61. The first kappa shape index (κ1) is 20.6. The number of benzene rings is 1. The normalized spacial score (nSPS) is 14.4. The molecule has 0 radical (unpaired) electrons. The van der Waals surface area contributed by atoms with Gasteiger partial charge in [0.2, 0.25) is 5.91 Å². The Morgan fingerprint density at radius 2 is 1.96 bits per heavy atom. The second kappa shape index (κ2) is 7.70. The maximum Gasteiger partial charge on any atom is 0.231 e. The number of sulfone groups is 1. The molecule has 6 nitrogen and oxygen atoms in total. The highest BCUT2D eigenvalue weighted by atomic mass is 32.2. The maximum absolute atomic E-state index is 13.1. The molecule has 0 atom stereocenters. The van der Waals surface area contributed by atoms with Crippen LogP contribution < -0.4 is 4.90 Å². The Morgan fingerprint density at radius 1 is 1.25 bits per heavy atom. The van der Waals surface area contributed by atoms with E-state index in [0.29, 0.717) is 23.8 Å². The summed E-state index contributed by atoms with van der Waals surface area (Å²) in [6.07, 6.45) is 3.13. The molecule has 1 amide bonds. The molecule has 7 heteroatoms. The number of aromatic nitrogens is 2. The van der Waals surface area contributed by atoms with Crippen LogP contribution in [0.4, 0.5) is 5.69 Å². The van der Waals surface area contributed by atoms with Crippen molar-refractivity contribution >= 4 is 21.4 Å². The van der Waals surface area contributed by atoms with Crippen LogP contribution in [0.3, 0.4) is 0 Å². The molecule has 1 aliphatic heterocycles. The van der Waals surface area contributed by atoms with E-state index in [1.165, 1.54) is 6.26 Å².